The Bertz CT molecular complexity index is 307. The molecule has 1 aliphatic rings. The third-order valence-electron chi connectivity index (χ3n) is 2.33. The fraction of sp³-hybridized carbons (Fsp3) is 0.500. The average molecular weight is 226 g/mol. The lowest BCUT2D eigenvalue weighted by atomic mass is 10.3. The van der Waals surface area contributed by atoms with Gasteiger partial charge in [-0.1, -0.05) is 0 Å². The van der Waals surface area contributed by atoms with Gasteiger partial charge in [0.1, 0.15) is 11.6 Å². The molecule has 1 aromatic carbocycles. The molecule has 0 radical (unpaired) electrons. The smallest absolute Gasteiger partial charge is 0.160 e. The molecule has 0 saturated carbocycles. The van der Waals surface area contributed by atoms with Crippen molar-refractivity contribution in [2.45, 2.75) is 19.1 Å². The molecule has 0 amide bonds. The Morgan fingerprint density at radius 3 is 2.56 bits per heavy atom. The summed E-state index contributed by atoms with van der Waals surface area (Å²) in [7, 11) is 0. The van der Waals surface area contributed by atoms with Gasteiger partial charge in [0.15, 0.2) is 6.29 Å². The first-order valence-electron chi connectivity index (χ1n) is 5.46. The Morgan fingerprint density at radius 2 is 1.88 bits per heavy atom. The number of halogens is 1. The summed E-state index contributed by atoms with van der Waals surface area (Å²) in [5.74, 6) is 0.406. The predicted molar refractivity (Wildman–Crippen MR) is 56.8 cm³/mol. The molecule has 1 aromatic rings. The molecule has 0 spiro atoms. The van der Waals surface area contributed by atoms with E-state index in [0.29, 0.717) is 18.8 Å². The van der Waals surface area contributed by atoms with E-state index in [2.05, 4.69) is 0 Å². The summed E-state index contributed by atoms with van der Waals surface area (Å²) >= 11 is 0. The van der Waals surface area contributed by atoms with Crippen molar-refractivity contribution in [2.24, 2.45) is 0 Å². The molecule has 2 rings (SSSR count). The Labute approximate surface area is 94.1 Å². The van der Waals surface area contributed by atoms with Crippen LogP contribution >= 0.6 is 0 Å². The quantitative estimate of drug-likeness (QED) is 0.788. The van der Waals surface area contributed by atoms with Gasteiger partial charge in [0.05, 0.1) is 19.8 Å². The van der Waals surface area contributed by atoms with Crippen molar-refractivity contribution in [3.63, 3.8) is 0 Å². The minimum Gasteiger partial charge on any atom is -0.493 e. The van der Waals surface area contributed by atoms with Crippen molar-refractivity contribution in [3.05, 3.63) is 30.1 Å². The van der Waals surface area contributed by atoms with Crippen molar-refractivity contribution in [1.29, 1.82) is 0 Å². The highest BCUT2D eigenvalue weighted by Crippen LogP contribution is 2.13. The molecule has 1 fully saturated rings. The minimum atomic E-state index is -0.258. The van der Waals surface area contributed by atoms with E-state index in [1.807, 2.05) is 0 Å². The molecule has 0 bridgehead atoms. The first kappa shape index (κ1) is 11.4. The first-order valence-corrected chi connectivity index (χ1v) is 5.46. The van der Waals surface area contributed by atoms with Gasteiger partial charge in [0.25, 0.3) is 0 Å². The summed E-state index contributed by atoms with van der Waals surface area (Å²) in [4.78, 5) is 0. The van der Waals surface area contributed by atoms with Crippen LogP contribution < -0.4 is 4.74 Å². The fourth-order valence-electron chi connectivity index (χ4n) is 1.51. The van der Waals surface area contributed by atoms with Gasteiger partial charge >= 0.3 is 0 Å². The molecule has 1 heterocycles. The van der Waals surface area contributed by atoms with Gasteiger partial charge in [-0.15, -0.1) is 0 Å². The molecule has 0 N–H and O–H groups in total. The summed E-state index contributed by atoms with van der Waals surface area (Å²) in [6.45, 7) is 2.01. The zero-order valence-electron chi connectivity index (χ0n) is 9.02. The molecule has 4 heteroatoms. The van der Waals surface area contributed by atoms with E-state index in [-0.39, 0.29) is 12.1 Å². The summed E-state index contributed by atoms with van der Waals surface area (Å²) in [6.07, 6.45) is 1.49. The SMILES string of the molecule is Fc1ccc(OCCC2OCCCO2)cc1. The highest BCUT2D eigenvalue weighted by atomic mass is 19.1. The van der Waals surface area contributed by atoms with Crippen molar-refractivity contribution in [3.8, 4) is 5.75 Å². The molecule has 16 heavy (non-hydrogen) atoms. The van der Waals surface area contributed by atoms with Gasteiger partial charge < -0.3 is 14.2 Å². The summed E-state index contributed by atoms with van der Waals surface area (Å²) in [5, 5.41) is 0. The zero-order chi connectivity index (χ0) is 11.2. The van der Waals surface area contributed by atoms with Crippen LogP contribution in [0.15, 0.2) is 24.3 Å². The number of hydrogen-bond acceptors (Lipinski definition) is 3. The minimum absolute atomic E-state index is 0.158. The maximum Gasteiger partial charge on any atom is 0.160 e. The van der Waals surface area contributed by atoms with Gasteiger partial charge in [-0.3, -0.25) is 0 Å². The first-order chi connectivity index (χ1) is 7.84. The highest BCUT2D eigenvalue weighted by molar-refractivity contribution is 5.21. The van der Waals surface area contributed by atoms with E-state index >= 15 is 0 Å². The van der Waals surface area contributed by atoms with E-state index in [0.717, 1.165) is 19.6 Å². The Morgan fingerprint density at radius 1 is 1.19 bits per heavy atom. The molecular formula is C12H15FO3. The van der Waals surface area contributed by atoms with Gasteiger partial charge in [-0.25, -0.2) is 4.39 Å². The van der Waals surface area contributed by atoms with Crippen LogP contribution in [0.5, 0.6) is 5.75 Å². The normalized spacial score (nSPS) is 17.3. The van der Waals surface area contributed by atoms with Crippen LogP contribution in [0.3, 0.4) is 0 Å². The Hall–Kier alpha value is -1.13. The van der Waals surface area contributed by atoms with Gasteiger partial charge in [-0.05, 0) is 30.7 Å². The number of rotatable bonds is 4. The van der Waals surface area contributed by atoms with Crippen molar-refractivity contribution in [1.82, 2.24) is 0 Å². The molecule has 1 saturated heterocycles. The third-order valence-corrected chi connectivity index (χ3v) is 2.33. The number of hydrogen-bond donors (Lipinski definition) is 0. The molecule has 0 aliphatic carbocycles. The lowest BCUT2D eigenvalue weighted by molar-refractivity contribution is -0.183. The zero-order valence-corrected chi connectivity index (χ0v) is 9.02. The number of benzene rings is 1. The van der Waals surface area contributed by atoms with Gasteiger partial charge in [0, 0.05) is 6.42 Å². The van der Waals surface area contributed by atoms with Crippen LogP contribution in [-0.4, -0.2) is 26.1 Å². The lowest BCUT2D eigenvalue weighted by Crippen LogP contribution is -2.26. The van der Waals surface area contributed by atoms with E-state index < -0.39 is 0 Å². The second kappa shape index (κ2) is 5.82. The van der Waals surface area contributed by atoms with Crippen LogP contribution in [0.4, 0.5) is 4.39 Å². The molecular weight excluding hydrogens is 211 g/mol. The molecule has 1 aliphatic heterocycles. The summed E-state index contributed by atoms with van der Waals surface area (Å²) in [6, 6.07) is 5.97. The van der Waals surface area contributed by atoms with Crippen LogP contribution in [0, 0.1) is 5.82 Å². The fourth-order valence-corrected chi connectivity index (χ4v) is 1.51. The largest absolute Gasteiger partial charge is 0.493 e. The van der Waals surface area contributed by atoms with Crippen LogP contribution in [0.25, 0.3) is 0 Å². The molecule has 0 aromatic heterocycles. The van der Waals surface area contributed by atoms with E-state index in [9.17, 15) is 4.39 Å². The summed E-state index contributed by atoms with van der Waals surface area (Å²) in [5.41, 5.74) is 0. The standard InChI is InChI=1S/C12H15FO3/c13-10-2-4-11(5-3-10)14-9-6-12-15-7-1-8-16-12/h2-5,12H,1,6-9H2. The highest BCUT2D eigenvalue weighted by Gasteiger charge is 2.13. The van der Waals surface area contributed by atoms with E-state index in [1.165, 1.54) is 12.1 Å². The van der Waals surface area contributed by atoms with Gasteiger partial charge in [-0.2, -0.15) is 0 Å². The van der Waals surface area contributed by atoms with Crippen molar-refractivity contribution >= 4 is 0 Å². The van der Waals surface area contributed by atoms with Crippen LogP contribution in [-0.2, 0) is 9.47 Å². The Balaban J connectivity index is 1.69. The molecule has 0 atom stereocenters. The molecule has 3 nitrogen and oxygen atoms in total. The second-order valence-electron chi connectivity index (χ2n) is 3.62. The predicted octanol–water partition coefficient (Wildman–Crippen LogP) is 2.36. The van der Waals surface area contributed by atoms with Crippen molar-refractivity contribution < 1.29 is 18.6 Å². The molecule has 0 unspecified atom stereocenters. The average Bonchev–Trinajstić information content (AvgIpc) is 2.33. The van der Waals surface area contributed by atoms with Gasteiger partial charge in [0.2, 0.25) is 0 Å². The monoisotopic (exact) mass is 226 g/mol. The topological polar surface area (TPSA) is 27.7 Å². The second-order valence-corrected chi connectivity index (χ2v) is 3.62. The van der Waals surface area contributed by atoms with Crippen LogP contribution in [0.2, 0.25) is 0 Å². The number of ether oxygens (including phenoxy) is 3. The maximum atomic E-state index is 12.6. The van der Waals surface area contributed by atoms with Crippen molar-refractivity contribution in [2.75, 3.05) is 19.8 Å². The lowest BCUT2D eigenvalue weighted by Gasteiger charge is -2.23. The Kier molecular flexibility index (Phi) is 4.13. The maximum absolute atomic E-state index is 12.6. The molecule has 88 valence electrons. The van der Waals surface area contributed by atoms with Crippen LogP contribution in [0.1, 0.15) is 12.8 Å². The van der Waals surface area contributed by atoms with E-state index in [4.69, 9.17) is 14.2 Å². The van der Waals surface area contributed by atoms with E-state index in [1.54, 1.807) is 12.1 Å². The third kappa shape index (κ3) is 3.47. The summed E-state index contributed by atoms with van der Waals surface area (Å²) < 4.78 is 28.8.